The van der Waals surface area contributed by atoms with Crippen molar-refractivity contribution in [3.8, 4) is 0 Å². The second-order valence-electron chi connectivity index (χ2n) is 17.7. The highest BCUT2D eigenvalue weighted by Gasteiger charge is 2.47. The summed E-state index contributed by atoms with van der Waals surface area (Å²) in [6.07, 6.45) is 34.3. The maximum absolute atomic E-state index is 13.0. The molecule has 0 aromatic rings. The van der Waals surface area contributed by atoms with E-state index in [1.807, 2.05) is 36.5 Å². The number of rotatable bonds is 38. The largest absolute Gasteiger partial charge is 0.462 e. The standard InChI is InChI=1S/C55H88O15/c1-3-5-7-9-11-13-15-17-19-20-21-22-24-26-28-30-32-34-36-38-47(58)68-43(40-65-46(57)37-35-33-31-29-27-25-23-18-16-14-12-10-8-6-4-2)41-66-54-53(64)51(62)49(60)45(70-54)42-67-55-52(63)50(61)48(59)44(39-56)69-55/h6,8,10-14,16-19,21-23,26,28,43-45,48-56,59-64H,3-5,7,9,15,20,24-25,27,29-42H2,1-2H3/b8-6+,12-10+,13-11+,16-14+,19-17+,22-21+,23-18+,28-26+/t43-,44+,45+,48-,49-,50?,51?,52?,53?,54+,55+/m1/s1. The zero-order valence-electron chi connectivity index (χ0n) is 42.0. The first-order valence-corrected chi connectivity index (χ1v) is 25.9. The van der Waals surface area contributed by atoms with Crippen molar-refractivity contribution in [3.05, 3.63) is 97.2 Å². The Morgan fingerprint density at radius 3 is 1.56 bits per heavy atom. The molecule has 2 rings (SSSR count). The Morgan fingerprint density at radius 1 is 0.486 bits per heavy atom. The van der Waals surface area contributed by atoms with Gasteiger partial charge in [0.2, 0.25) is 0 Å². The molecule has 2 heterocycles. The summed E-state index contributed by atoms with van der Waals surface area (Å²) in [5.74, 6) is -0.999. The van der Waals surface area contributed by atoms with Crippen LogP contribution in [0.15, 0.2) is 97.2 Å². The van der Waals surface area contributed by atoms with E-state index in [1.54, 1.807) is 0 Å². The Labute approximate surface area is 417 Å². The first-order chi connectivity index (χ1) is 34.0. The molecule has 0 amide bonds. The lowest BCUT2D eigenvalue weighted by molar-refractivity contribution is -0.332. The van der Waals surface area contributed by atoms with Gasteiger partial charge in [-0.3, -0.25) is 9.59 Å². The Hall–Kier alpha value is -3.58. The van der Waals surface area contributed by atoms with Crippen molar-refractivity contribution in [3.63, 3.8) is 0 Å². The summed E-state index contributed by atoms with van der Waals surface area (Å²) < 4.78 is 33.5. The molecule has 2 saturated heterocycles. The molecule has 11 atom stereocenters. The minimum absolute atomic E-state index is 0.116. The lowest BCUT2D eigenvalue weighted by Gasteiger charge is -2.42. The Kier molecular flexibility index (Phi) is 36.6. The fourth-order valence-corrected chi connectivity index (χ4v) is 7.39. The van der Waals surface area contributed by atoms with Crippen LogP contribution in [0, 0.1) is 0 Å². The quantitative estimate of drug-likeness (QED) is 0.0139. The van der Waals surface area contributed by atoms with Crippen LogP contribution < -0.4 is 0 Å². The normalized spacial score (nSPS) is 26.2. The van der Waals surface area contributed by atoms with Gasteiger partial charge in [0, 0.05) is 12.8 Å². The molecule has 4 unspecified atom stereocenters. The third-order valence-electron chi connectivity index (χ3n) is 11.6. The molecule has 15 heteroatoms. The zero-order valence-corrected chi connectivity index (χ0v) is 42.0. The van der Waals surface area contributed by atoms with Gasteiger partial charge in [0.1, 0.15) is 55.4 Å². The summed E-state index contributed by atoms with van der Waals surface area (Å²) >= 11 is 0. The van der Waals surface area contributed by atoms with Crippen molar-refractivity contribution in [2.45, 2.75) is 210 Å². The number of carbonyl (C=O) groups excluding carboxylic acids is 2. The number of hydrogen-bond acceptors (Lipinski definition) is 15. The molecule has 15 nitrogen and oxygen atoms in total. The molecule has 0 bridgehead atoms. The first-order valence-electron chi connectivity index (χ1n) is 25.9. The van der Waals surface area contributed by atoms with Crippen LogP contribution in [0.25, 0.3) is 0 Å². The van der Waals surface area contributed by atoms with E-state index in [1.165, 1.54) is 19.3 Å². The van der Waals surface area contributed by atoms with Gasteiger partial charge in [0.05, 0.1) is 19.8 Å². The molecule has 0 aromatic carbocycles. The topological polar surface area (TPSA) is 231 Å². The van der Waals surface area contributed by atoms with Crippen LogP contribution in [-0.4, -0.2) is 142 Å². The van der Waals surface area contributed by atoms with Crippen molar-refractivity contribution in [2.24, 2.45) is 0 Å². The van der Waals surface area contributed by atoms with Crippen LogP contribution in [0.1, 0.15) is 142 Å². The minimum Gasteiger partial charge on any atom is -0.462 e. The molecule has 0 spiro atoms. The maximum Gasteiger partial charge on any atom is 0.306 e. The van der Waals surface area contributed by atoms with Gasteiger partial charge in [0.25, 0.3) is 0 Å². The van der Waals surface area contributed by atoms with Gasteiger partial charge in [-0.05, 0) is 77.0 Å². The van der Waals surface area contributed by atoms with Crippen molar-refractivity contribution in [2.75, 3.05) is 26.4 Å². The van der Waals surface area contributed by atoms with Gasteiger partial charge in [-0.25, -0.2) is 0 Å². The second kappa shape index (κ2) is 41.0. The minimum atomic E-state index is -1.78. The van der Waals surface area contributed by atoms with Crippen molar-refractivity contribution in [1.29, 1.82) is 0 Å². The van der Waals surface area contributed by atoms with E-state index in [-0.39, 0.29) is 19.4 Å². The van der Waals surface area contributed by atoms with E-state index >= 15 is 0 Å². The molecule has 398 valence electrons. The summed E-state index contributed by atoms with van der Waals surface area (Å²) in [6, 6.07) is 0. The van der Waals surface area contributed by atoms with E-state index in [0.29, 0.717) is 12.8 Å². The molecule has 0 aromatic heterocycles. The lowest BCUT2D eigenvalue weighted by Crippen LogP contribution is -2.61. The van der Waals surface area contributed by atoms with Gasteiger partial charge >= 0.3 is 11.9 Å². The highest BCUT2D eigenvalue weighted by atomic mass is 16.7. The molecule has 0 aliphatic carbocycles. The molecule has 7 N–H and O–H groups in total. The zero-order chi connectivity index (χ0) is 51.0. The van der Waals surface area contributed by atoms with E-state index < -0.39 is 99.3 Å². The number of aliphatic hydroxyl groups is 7. The highest BCUT2D eigenvalue weighted by molar-refractivity contribution is 5.70. The first kappa shape index (κ1) is 62.5. The average molecular weight is 989 g/mol. The molecule has 2 aliphatic heterocycles. The Morgan fingerprint density at radius 2 is 0.957 bits per heavy atom. The molecule has 0 saturated carbocycles. The fraction of sp³-hybridized carbons (Fsp3) is 0.673. The third-order valence-corrected chi connectivity index (χ3v) is 11.6. The molecule has 2 fully saturated rings. The second-order valence-corrected chi connectivity index (χ2v) is 17.7. The Bertz CT molecular complexity index is 1580. The van der Waals surface area contributed by atoms with Gasteiger partial charge in [-0.15, -0.1) is 0 Å². The van der Waals surface area contributed by atoms with Crippen LogP contribution in [-0.2, 0) is 38.0 Å². The predicted octanol–water partition coefficient (Wildman–Crippen LogP) is 7.37. The lowest BCUT2D eigenvalue weighted by atomic mass is 9.98. The van der Waals surface area contributed by atoms with E-state index in [9.17, 15) is 45.3 Å². The highest BCUT2D eigenvalue weighted by Crippen LogP contribution is 2.26. The van der Waals surface area contributed by atoms with Crippen molar-refractivity contribution in [1.82, 2.24) is 0 Å². The number of unbranched alkanes of at least 4 members (excludes halogenated alkanes) is 11. The van der Waals surface area contributed by atoms with Gasteiger partial charge in [0.15, 0.2) is 18.7 Å². The Balaban J connectivity index is 1.84. The van der Waals surface area contributed by atoms with Gasteiger partial charge < -0.3 is 64.2 Å². The number of aliphatic hydroxyl groups excluding tert-OH is 7. The van der Waals surface area contributed by atoms with Crippen molar-refractivity contribution >= 4 is 11.9 Å². The molecule has 2 aliphatic rings. The fourth-order valence-electron chi connectivity index (χ4n) is 7.39. The van der Waals surface area contributed by atoms with E-state index in [0.717, 1.165) is 83.5 Å². The van der Waals surface area contributed by atoms with Crippen LogP contribution in [0.4, 0.5) is 0 Å². The van der Waals surface area contributed by atoms with E-state index in [2.05, 4.69) is 74.6 Å². The van der Waals surface area contributed by atoms with Crippen molar-refractivity contribution < 1.29 is 73.8 Å². The smallest absolute Gasteiger partial charge is 0.306 e. The molecule has 70 heavy (non-hydrogen) atoms. The number of carbonyl (C=O) groups is 2. The molecular formula is C55H88O15. The average Bonchev–Trinajstić information content (AvgIpc) is 3.35. The van der Waals surface area contributed by atoms with Crippen LogP contribution >= 0.6 is 0 Å². The van der Waals surface area contributed by atoms with Crippen LogP contribution in [0.5, 0.6) is 0 Å². The summed E-state index contributed by atoms with van der Waals surface area (Å²) in [7, 11) is 0. The summed E-state index contributed by atoms with van der Waals surface area (Å²) in [4.78, 5) is 25.8. The SMILES string of the molecule is CC/C=C/C=C/C=C/C=C/CCCCCCCC(=O)OC[C@H](CO[C@H]1O[C@@H](CO[C@H]2O[C@@H](CO)[C@@H](O)C(O)C2O)[C@@H](O)C(O)C1O)OC(=O)CCCCC/C=C/C/C=C/C/C=C/C/C=C/CCCCC. The monoisotopic (exact) mass is 989 g/mol. The van der Waals surface area contributed by atoms with E-state index in [4.69, 9.17) is 28.4 Å². The maximum atomic E-state index is 13.0. The molecular weight excluding hydrogens is 901 g/mol. The summed E-state index contributed by atoms with van der Waals surface area (Å²) in [6.45, 7) is 2.34. The van der Waals surface area contributed by atoms with Gasteiger partial charge in [-0.2, -0.15) is 0 Å². The molecule has 0 radical (unpaired) electrons. The van der Waals surface area contributed by atoms with Crippen LogP contribution in [0.2, 0.25) is 0 Å². The third kappa shape index (κ3) is 28.5. The number of esters is 2. The number of hydrogen-bond donors (Lipinski definition) is 7. The van der Waals surface area contributed by atoms with Gasteiger partial charge in [-0.1, -0.05) is 150 Å². The summed E-state index contributed by atoms with van der Waals surface area (Å²) in [5.41, 5.74) is 0. The number of ether oxygens (including phenoxy) is 6. The summed E-state index contributed by atoms with van der Waals surface area (Å²) in [5, 5.41) is 72.1. The number of allylic oxidation sites excluding steroid dienone is 16. The van der Waals surface area contributed by atoms with Crippen LogP contribution in [0.3, 0.4) is 0 Å². The predicted molar refractivity (Wildman–Crippen MR) is 270 cm³/mol.